The normalized spacial score (nSPS) is 12.7. The molecule has 0 amide bonds. The van der Waals surface area contributed by atoms with Gasteiger partial charge >= 0.3 is 0 Å². The van der Waals surface area contributed by atoms with Crippen LogP contribution >= 0.6 is 0 Å². The molecule has 0 heteroatoms. The van der Waals surface area contributed by atoms with Gasteiger partial charge in [-0.05, 0) is 25.2 Å². The van der Waals surface area contributed by atoms with Crippen LogP contribution in [0.25, 0.3) is 0 Å². The zero-order valence-electron chi connectivity index (χ0n) is 25.2. The number of allylic oxidation sites excluding steroid dienone is 2. The second kappa shape index (κ2) is 31.8. The highest BCUT2D eigenvalue weighted by atomic mass is 14.0. The summed E-state index contributed by atoms with van der Waals surface area (Å²) in [5.41, 5.74) is 0. The molecule has 0 fully saturated rings. The highest BCUT2D eigenvalue weighted by molar-refractivity contribution is 4.86. The predicted octanol–water partition coefficient (Wildman–Crippen LogP) is 13.5. The Kier molecular flexibility index (Phi) is 31.5. The molecule has 0 saturated heterocycles. The highest BCUT2D eigenvalue weighted by Crippen LogP contribution is 2.16. The zero-order valence-corrected chi connectivity index (χ0v) is 25.2. The Bertz CT molecular complexity index is 381. The summed E-state index contributed by atoms with van der Waals surface area (Å²) < 4.78 is 0. The Morgan fingerprint density at radius 2 is 0.657 bits per heavy atom. The van der Waals surface area contributed by atoms with E-state index in [9.17, 15) is 0 Å². The SMILES string of the molecule is CCCCCCCCCCCCCCCCCCCCCC/C=C/C(C)CCCCCCCCC. The topological polar surface area (TPSA) is 0 Å². The van der Waals surface area contributed by atoms with E-state index in [0.29, 0.717) is 0 Å². The fourth-order valence-electron chi connectivity index (χ4n) is 5.37. The maximum Gasteiger partial charge on any atom is -0.0262 e. The summed E-state index contributed by atoms with van der Waals surface area (Å²) in [5.74, 6) is 0.788. The Labute approximate surface area is 224 Å². The van der Waals surface area contributed by atoms with Gasteiger partial charge in [0.1, 0.15) is 0 Å². The average Bonchev–Trinajstić information content (AvgIpc) is 2.86. The van der Waals surface area contributed by atoms with Gasteiger partial charge < -0.3 is 0 Å². The maximum atomic E-state index is 2.49. The summed E-state index contributed by atoms with van der Waals surface area (Å²) in [7, 11) is 0. The number of rotatable bonds is 30. The van der Waals surface area contributed by atoms with Crippen LogP contribution in [0.4, 0.5) is 0 Å². The third kappa shape index (κ3) is 31.7. The standard InChI is InChI=1S/C35H70/c1-4-6-8-10-12-13-14-15-16-17-18-19-20-21-22-23-24-25-26-28-30-32-34-35(3)33-31-29-27-11-9-7-5-2/h32,34-35H,4-31,33H2,1-3H3/b34-32+. The molecule has 0 aromatic rings. The van der Waals surface area contributed by atoms with Crippen LogP contribution in [-0.4, -0.2) is 0 Å². The van der Waals surface area contributed by atoms with Crippen molar-refractivity contribution in [1.29, 1.82) is 0 Å². The fourth-order valence-corrected chi connectivity index (χ4v) is 5.37. The molecule has 0 nitrogen and oxygen atoms in total. The summed E-state index contributed by atoms with van der Waals surface area (Å²) in [5, 5.41) is 0. The molecule has 0 radical (unpaired) electrons. The molecule has 0 heterocycles. The first-order chi connectivity index (χ1) is 17.3. The van der Waals surface area contributed by atoms with Gasteiger partial charge in [0.2, 0.25) is 0 Å². The van der Waals surface area contributed by atoms with Crippen molar-refractivity contribution in [2.24, 2.45) is 5.92 Å². The van der Waals surface area contributed by atoms with E-state index in [1.807, 2.05) is 0 Å². The molecule has 0 N–H and O–H groups in total. The molecule has 0 bridgehead atoms. The summed E-state index contributed by atoms with van der Waals surface area (Å²) >= 11 is 0. The van der Waals surface area contributed by atoms with Gasteiger partial charge in [-0.25, -0.2) is 0 Å². The first kappa shape index (κ1) is 34.7. The van der Waals surface area contributed by atoms with E-state index < -0.39 is 0 Å². The van der Waals surface area contributed by atoms with E-state index in [-0.39, 0.29) is 0 Å². The van der Waals surface area contributed by atoms with Gasteiger partial charge in [-0.2, -0.15) is 0 Å². The lowest BCUT2D eigenvalue weighted by molar-refractivity contribution is 0.521. The first-order valence-electron chi connectivity index (χ1n) is 17.0. The van der Waals surface area contributed by atoms with Crippen LogP contribution in [0.3, 0.4) is 0 Å². The average molecular weight is 491 g/mol. The third-order valence-corrected chi connectivity index (χ3v) is 7.95. The molecule has 0 aliphatic rings. The lowest BCUT2D eigenvalue weighted by Crippen LogP contribution is -1.90. The Morgan fingerprint density at radius 1 is 0.371 bits per heavy atom. The quantitative estimate of drug-likeness (QED) is 0.0693. The number of hydrogen-bond acceptors (Lipinski definition) is 0. The minimum Gasteiger partial charge on any atom is -0.0883 e. The van der Waals surface area contributed by atoms with E-state index in [1.165, 1.54) is 186 Å². The van der Waals surface area contributed by atoms with Gasteiger partial charge in [0.05, 0.1) is 0 Å². The van der Waals surface area contributed by atoms with Gasteiger partial charge in [-0.15, -0.1) is 0 Å². The van der Waals surface area contributed by atoms with E-state index in [2.05, 4.69) is 32.9 Å². The zero-order chi connectivity index (χ0) is 25.5. The summed E-state index contributed by atoms with van der Waals surface area (Å²) in [6.45, 7) is 7.02. The molecule has 0 aliphatic carbocycles. The molecular weight excluding hydrogens is 420 g/mol. The van der Waals surface area contributed by atoms with E-state index in [1.54, 1.807) is 0 Å². The van der Waals surface area contributed by atoms with Crippen molar-refractivity contribution in [3.05, 3.63) is 12.2 Å². The van der Waals surface area contributed by atoms with Gasteiger partial charge in [0.15, 0.2) is 0 Å². The van der Waals surface area contributed by atoms with Crippen molar-refractivity contribution < 1.29 is 0 Å². The van der Waals surface area contributed by atoms with Crippen LogP contribution in [0.15, 0.2) is 12.2 Å². The Morgan fingerprint density at radius 3 is 1.00 bits per heavy atom. The smallest absolute Gasteiger partial charge is 0.0262 e. The first-order valence-corrected chi connectivity index (χ1v) is 17.0. The van der Waals surface area contributed by atoms with E-state index >= 15 is 0 Å². The maximum absolute atomic E-state index is 2.49. The van der Waals surface area contributed by atoms with Crippen LogP contribution in [0.5, 0.6) is 0 Å². The molecule has 0 aliphatic heterocycles. The van der Waals surface area contributed by atoms with E-state index in [0.717, 1.165) is 5.92 Å². The van der Waals surface area contributed by atoms with Crippen molar-refractivity contribution in [3.63, 3.8) is 0 Å². The summed E-state index contributed by atoms with van der Waals surface area (Å²) in [6, 6.07) is 0. The minimum absolute atomic E-state index is 0.788. The van der Waals surface area contributed by atoms with Crippen molar-refractivity contribution in [1.82, 2.24) is 0 Å². The summed E-state index contributed by atoms with van der Waals surface area (Å²) in [4.78, 5) is 0. The van der Waals surface area contributed by atoms with Gasteiger partial charge in [-0.1, -0.05) is 200 Å². The Hall–Kier alpha value is -0.260. The fraction of sp³-hybridized carbons (Fsp3) is 0.943. The molecular formula is C35H70. The second-order valence-electron chi connectivity index (χ2n) is 11.8. The van der Waals surface area contributed by atoms with Crippen LogP contribution in [-0.2, 0) is 0 Å². The largest absolute Gasteiger partial charge is 0.0883 e. The van der Waals surface area contributed by atoms with Crippen molar-refractivity contribution in [2.75, 3.05) is 0 Å². The summed E-state index contributed by atoms with van der Waals surface area (Å²) in [6.07, 6.45) is 47.0. The molecule has 0 spiro atoms. The lowest BCUT2D eigenvalue weighted by Gasteiger charge is -2.06. The van der Waals surface area contributed by atoms with Crippen LogP contribution in [0.2, 0.25) is 0 Å². The number of unbranched alkanes of at least 4 members (excludes halogenated alkanes) is 26. The lowest BCUT2D eigenvalue weighted by atomic mass is 10.0. The molecule has 0 saturated carbocycles. The minimum atomic E-state index is 0.788. The molecule has 0 aromatic carbocycles. The predicted molar refractivity (Wildman–Crippen MR) is 164 cm³/mol. The molecule has 35 heavy (non-hydrogen) atoms. The molecule has 210 valence electrons. The van der Waals surface area contributed by atoms with Gasteiger partial charge in [-0.3, -0.25) is 0 Å². The van der Waals surface area contributed by atoms with Crippen molar-refractivity contribution >= 4 is 0 Å². The van der Waals surface area contributed by atoms with Gasteiger partial charge in [0.25, 0.3) is 0 Å². The Balaban J connectivity index is 3.16. The monoisotopic (exact) mass is 491 g/mol. The van der Waals surface area contributed by atoms with Crippen LogP contribution in [0, 0.1) is 5.92 Å². The van der Waals surface area contributed by atoms with E-state index in [4.69, 9.17) is 0 Å². The van der Waals surface area contributed by atoms with Crippen molar-refractivity contribution in [2.45, 2.75) is 207 Å². The van der Waals surface area contributed by atoms with Gasteiger partial charge in [0, 0.05) is 0 Å². The van der Waals surface area contributed by atoms with Crippen LogP contribution in [0.1, 0.15) is 207 Å². The molecule has 0 aromatic heterocycles. The molecule has 1 unspecified atom stereocenters. The molecule has 0 rings (SSSR count). The highest BCUT2D eigenvalue weighted by Gasteiger charge is 1.98. The number of hydrogen-bond donors (Lipinski definition) is 0. The van der Waals surface area contributed by atoms with Crippen LogP contribution < -0.4 is 0 Å². The third-order valence-electron chi connectivity index (χ3n) is 7.95. The second-order valence-corrected chi connectivity index (χ2v) is 11.8. The molecule has 1 atom stereocenters. The van der Waals surface area contributed by atoms with Crippen molar-refractivity contribution in [3.8, 4) is 0 Å².